The van der Waals surface area contributed by atoms with Crippen molar-refractivity contribution in [2.75, 3.05) is 20.2 Å². The van der Waals surface area contributed by atoms with Gasteiger partial charge >= 0.3 is 5.97 Å². The number of hydrogen-bond acceptors (Lipinski definition) is 3. The van der Waals surface area contributed by atoms with Crippen molar-refractivity contribution in [3.63, 3.8) is 0 Å². The van der Waals surface area contributed by atoms with Crippen LogP contribution in [0.2, 0.25) is 0 Å². The first-order valence-electron chi connectivity index (χ1n) is 8.46. The van der Waals surface area contributed by atoms with Crippen LogP contribution in [0.4, 0.5) is 0 Å². The second-order valence-corrected chi connectivity index (χ2v) is 7.19. The van der Waals surface area contributed by atoms with Crippen LogP contribution in [0.5, 0.6) is 5.75 Å². The largest absolute Gasteiger partial charge is 0.496 e. The minimum Gasteiger partial charge on any atom is -0.496 e. The topological polar surface area (TPSA) is 49.8 Å². The normalized spacial score (nSPS) is 19.4. The fourth-order valence-electron chi connectivity index (χ4n) is 3.59. The zero-order valence-electron chi connectivity index (χ0n) is 14.2. The summed E-state index contributed by atoms with van der Waals surface area (Å²) in [4.78, 5) is 13.8. The zero-order valence-corrected chi connectivity index (χ0v) is 15.8. The summed E-state index contributed by atoms with van der Waals surface area (Å²) in [6, 6.07) is 16.0. The van der Waals surface area contributed by atoms with Crippen LogP contribution >= 0.6 is 15.9 Å². The van der Waals surface area contributed by atoms with Crippen molar-refractivity contribution < 1.29 is 14.6 Å². The number of methoxy groups -OCH3 is 1. The maximum Gasteiger partial charge on any atom is 0.307 e. The van der Waals surface area contributed by atoms with Crippen LogP contribution < -0.4 is 4.74 Å². The second kappa shape index (κ2) is 8.02. The van der Waals surface area contributed by atoms with Crippen molar-refractivity contribution in [2.45, 2.75) is 18.9 Å². The molecule has 0 amide bonds. The highest BCUT2D eigenvalue weighted by Crippen LogP contribution is 2.39. The van der Waals surface area contributed by atoms with Gasteiger partial charge < -0.3 is 9.84 Å². The van der Waals surface area contributed by atoms with Crippen molar-refractivity contribution in [3.8, 4) is 5.75 Å². The minimum atomic E-state index is -0.712. The van der Waals surface area contributed by atoms with Gasteiger partial charge in [0.15, 0.2) is 0 Å². The van der Waals surface area contributed by atoms with E-state index in [1.807, 2.05) is 36.4 Å². The van der Waals surface area contributed by atoms with E-state index in [-0.39, 0.29) is 12.0 Å². The van der Waals surface area contributed by atoms with Crippen LogP contribution in [0.3, 0.4) is 0 Å². The fraction of sp³-hybridized carbons (Fsp3) is 0.350. The average Bonchev–Trinajstić information content (AvgIpc) is 2.64. The van der Waals surface area contributed by atoms with Crippen LogP contribution in [0, 0.1) is 5.92 Å². The van der Waals surface area contributed by atoms with E-state index in [1.54, 1.807) is 7.11 Å². The molecule has 0 aromatic heterocycles. The first kappa shape index (κ1) is 18.0. The highest BCUT2D eigenvalue weighted by atomic mass is 79.9. The van der Waals surface area contributed by atoms with Crippen molar-refractivity contribution in [3.05, 3.63) is 64.1 Å². The van der Waals surface area contributed by atoms with Gasteiger partial charge in [-0.25, -0.2) is 0 Å². The van der Waals surface area contributed by atoms with Gasteiger partial charge in [-0.05, 0) is 37.1 Å². The summed E-state index contributed by atoms with van der Waals surface area (Å²) in [5.41, 5.74) is 2.18. The molecule has 1 heterocycles. The molecule has 1 aliphatic rings. The summed E-state index contributed by atoms with van der Waals surface area (Å²) in [6.45, 7) is 1.41. The highest BCUT2D eigenvalue weighted by molar-refractivity contribution is 9.10. The first-order chi connectivity index (χ1) is 12.1. The number of likely N-dealkylation sites (tertiary alicyclic amines) is 1. The molecule has 25 heavy (non-hydrogen) atoms. The zero-order chi connectivity index (χ0) is 17.8. The van der Waals surface area contributed by atoms with E-state index in [4.69, 9.17) is 4.74 Å². The molecule has 2 aromatic carbocycles. The molecule has 2 atom stereocenters. The Labute approximate surface area is 156 Å². The lowest BCUT2D eigenvalue weighted by molar-refractivity contribution is -0.143. The van der Waals surface area contributed by atoms with Gasteiger partial charge in [0.1, 0.15) is 5.75 Å². The van der Waals surface area contributed by atoms with Gasteiger partial charge in [0.05, 0.1) is 19.1 Å². The summed E-state index contributed by atoms with van der Waals surface area (Å²) >= 11 is 3.67. The van der Waals surface area contributed by atoms with Crippen molar-refractivity contribution >= 4 is 21.9 Å². The Bertz CT molecular complexity index is 749. The van der Waals surface area contributed by atoms with Gasteiger partial charge in [-0.3, -0.25) is 9.69 Å². The van der Waals surface area contributed by atoms with Gasteiger partial charge in [0.2, 0.25) is 0 Å². The molecule has 1 N–H and O–H groups in total. The first-order valence-corrected chi connectivity index (χ1v) is 9.25. The maximum atomic E-state index is 11.5. The molecular weight excluding hydrogens is 382 g/mol. The van der Waals surface area contributed by atoms with Crippen LogP contribution in [0.15, 0.2) is 53.0 Å². The number of rotatable bonds is 5. The number of aliphatic carboxylic acids is 1. The van der Waals surface area contributed by atoms with Crippen LogP contribution in [-0.2, 0) is 4.79 Å². The number of piperidine rings is 1. The number of nitrogens with zero attached hydrogens (tertiary/aromatic N) is 1. The number of carbonyl (C=O) groups is 1. The third-order valence-electron chi connectivity index (χ3n) is 4.80. The Morgan fingerprint density at radius 2 is 1.88 bits per heavy atom. The summed E-state index contributed by atoms with van der Waals surface area (Å²) in [7, 11) is 1.67. The number of halogens is 1. The molecule has 0 radical (unpaired) electrons. The summed E-state index contributed by atoms with van der Waals surface area (Å²) in [6.07, 6.45) is 1.62. The van der Waals surface area contributed by atoms with E-state index >= 15 is 0 Å². The number of ether oxygens (including phenoxy) is 1. The van der Waals surface area contributed by atoms with Gasteiger partial charge in [-0.2, -0.15) is 0 Å². The quantitative estimate of drug-likeness (QED) is 0.806. The Kier molecular flexibility index (Phi) is 5.76. The molecule has 1 aliphatic heterocycles. The lowest BCUT2D eigenvalue weighted by Gasteiger charge is -2.38. The molecule has 5 heteroatoms. The Morgan fingerprint density at radius 1 is 1.20 bits per heavy atom. The van der Waals surface area contributed by atoms with Gasteiger partial charge in [-0.1, -0.05) is 52.3 Å². The van der Waals surface area contributed by atoms with Crippen molar-refractivity contribution in [2.24, 2.45) is 5.92 Å². The van der Waals surface area contributed by atoms with Crippen LogP contribution in [0.25, 0.3) is 0 Å². The molecule has 0 bridgehead atoms. The third kappa shape index (κ3) is 3.88. The summed E-state index contributed by atoms with van der Waals surface area (Å²) < 4.78 is 6.61. The number of benzene rings is 2. The Balaban J connectivity index is 2.06. The summed E-state index contributed by atoms with van der Waals surface area (Å²) in [5.74, 6) is -0.218. The number of hydrogen-bond donors (Lipinski definition) is 1. The van der Waals surface area contributed by atoms with E-state index < -0.39 is 5.97 Å². The lowest BCUT2D eigenvalue weighted by Crippen LogP contribution is -2.41. The van der Waals surface area contributed by atoms with Gasteiger partial charge in [-0.15, -0.1) is 0 Å². The Hall–Kier alpha value is -1.85. The van der Waals surface area contributed by atoms with E-state index in [0.29, 0.717) is 6.54 Å². The van der Waals surface area contributed by atoms with E-state index in [9.17, 15) is 9.90 Å². The predicted octanol–water partition coefficient (Wildman–Crippen LogP) is 4.34. The molecule has 0 saturated carbocycles. The van der Waals surface area contributed by atoms with E-state index in [2.05, 4.69) is 33.0 Å². The average molecular weight is 404 g/mol. The molecule has 1 saturated heterocycles. The van der Waals surface area contributed by atoms with Crippen LogP contribution in [0.1, 0.15) is 30.0 Å². The molecule has 0 aliphatic carbocycles. The van der Waals surface area contributed by atoms with Gasteiger partial charge in [0.25, 0.3) is 0 Å². The lowest BCUT2D eigenvalue weighted by atomic mass is 9.91. The molecule has 3 rings (SSSR count). The molecular formula is C20H22BrNO3. The van der Waals surface area contributed by atoms with Gasteiger partial charge in [0, 0.05) is 16.6 Å². The Morgan fingerprint density at radius 3 is 2.56 bits per heavy atom. The smallest absolute Gasteiger partial charge is 0.307 e. The van der Waals surface area contributed by atoms with E-state index in [0.717, 1.165) is 40.7 Å². The predicted molar refractivity (Wildman–Crippen MR) is 101 cm³/mol. The fourth-order valence-corrected chi connectivity index (χ4v) is 4.09. The number of carboxylic acids is 1. The maximum absolute atomic E-state index is 11.5. The number of carboxylic acid groups (broad SMARTS) is 1. The minimum absolute atomic E-state index is 0.0473. The monoisotopic (exact) mass is 403 g/mol. The van der Waals surface area contributed by atoms with Crippen molar-refractivity contribution in [1.29, 1.82) is 0 Å². The molecule has 4 nitrogen and oxygen atoms in total. The molecule has 0 spiro atoms. The molecule has 2 aromatic rings. The summed E-state index contributed by atoms with van der Waals surface area (Å²) in [5, 5.41) is 9.47. The number of para-hydroxylation sites is 1. The highest BCUT2D eigenvalue weighted by Gasteiger charge is 2.33. The second-order valence-electron chi connectivity index (χ2n) is 6.34. The molecule has 132 valence electrons. The standard InChI is InChI=1S/C20H22BrNO3/c1-25-18-11-5-3-9-16(18)19(15-8-2-4-10-17(15)21)22-12-6-7-14(13-22)20(23)24/h2-5,8-11,14,19H,6-7,12-13H2,1H3,(H,23,24). The van der Waals surface area contributed by atoms with E-state index in [1.165, 1.54) is 0 Å². The SMILES string of the molecule is COc1ccccc1C(c1ccccc1Br)N1CCCC(C(=O)O)C1. The molecule has 1 fully saturated rings. The van der Waals surface area contributed by atoms with Crippen LogP contribution in [-0.4, -0.2) is 36.2 Å². The van der Waals surface area contributed by atoms with Crippen molar-refractivity contribution in [1.82, 2.24) is 4.90 Å². The third-order valence-corrected chi connectivity index (χ3v) is 5.52. The molecule has 2 unspecified atom stereocenters.